The Kier molecular flexibility index (Phi) is 13.3. The maximum absolute atomic E-state index is 12.1. The fraction of sp³-hybridized carbons (Fsp3) is 0.652. The smallest absolute Gasteiger partial charge is 0.297 e. The highest BCUT2D eigenvalue weighted by molar-refractivity contribution is 7.86. The average molecular weight is 487 g/mol. The summed E-state index contributed by atoms with van der Waals surface area (Å²) >= 11 is 0. The second-order valence-corrected chi connectivity index (χ2v) is 14.4. The Bertz CT molecular complexity index is 803. The first-order valence-corrected chi connectivity index (χ1v) is 15.2. The minimum atomic E-state index is -3.92. The Morgan fingerprint density at radius 3 is 1.97 bits per heavy atom. The monoisotopic (exact) mass is 486 g/mol. The van der Waals surface area contributed by atoms with Gasteiger partial charge in [0.2, 0.25) is 0 Å². The van der Waals surface area contributed by atoms with Crippen molar-refractivity contribution in [1.29, 1.82) is 0 Å². The van der Waals surface area contributed by atoms with E-state index in [9.17, 15) is 18.6 Å². The lowest BCUT2D eigenvalue weighted by Crippen LogP contribution is -2.29. The molecule has 0 saturated heterocycles. The van der Waals surface area contributed by atoms with Crippen LogP contribution in [0.1, 0.15) is 32.8 Å². The Hall–Kier alpha value is -1.25. The van der Waals surface area contributed by atoms with Crippen molar-refractivity contribution in [2.24, 2.45) is 0 Å². The second kappa shape index (κ2) is 14.8. The van der Waals surface area contributed by atoms with Gasteiger partial charge in [0.25, 0.3) is 10.1 Å². The molecule has 1 aromatic rings. The molecule has 0 aromatic heterocycles. The van der Waals surface area contributed by atoms with Crippen LogP contribution in [0.3, 0.4) is 0 Å². The number of benzene rings is 1. The third-order valence-electron chi connectivity index (χ3n) is 5.44. The van der Waals surface area contributed by atoms with E-state index >= 15 is 0 Å². The highest BCUT2D eigenvalue weighted by Crippen LogP contribution is 2.18. The maximum atomic E-state index is 12.1. The number of aryl methyl sites for hydroxylation is 1. The molecule has 2 atom stereocenters. The number of hydrogen-bond donors (Lipinski definition) is 2. The number of aliphatic hydroxyl groups is 2. The van der Waals surface area contributed by atoms with Gasteiger partial charge in [-0.1, -0.05) is 38.5 Å². The van der Waals surface area contributed by atoms with Crippen LogP contribution < -0.4 is 0 Å². The molecule has 0 aliphatic heterocycles. The zero-order valence-electron chi connectivity index (χ0n) is 19.7. The van der Waals surface area contributed by atoms with Gasteiger partial charge in [-0.25, -0.2) is 0 Å². The largest absolute Gasteiger partial charge is 0.390 e. The normalized spacial score (nSPS) is 13.9. The Morgan fingerprint density at radius 1 is 0.906 bits per heavy atom. The highest BCUT2D eigenvalue weighted by atomic mass is 32.2. The Balaban J connectivity index is 2.19. The van der Waals surface area contributed by atoms with Crippen LogP contribution in [0.15, 0.2) is 29.2 Å². The zero-order valence-corrected chi connectivity index (χ0v) is 21.5. The molecule has 1 rings (SSSR count). The van der Waals surface area contributed by atoms with E-state index in [0.717, 1.165) is 23.7 Å². The lowest BCUT2D eigenvalue weighted by Gasteiger charge is -2.20. The summed E-state index contributed by atoms with van der Waals surface area (Å²) in [6.45, 7) is 8.57. The SMILES string of the molecule is CC[Si](C#CC[C@H](O)COCCOC[C@H](O)COS(=O)(=O)c1ccc(C)cc1)(CC)CC. The molecule has 0 amide bonds. The summed E-state index contributed by atoms with van der Waals surface area (Å²) in [6, 6.07) is 9.66. The first-order chi connectivity index (χ1) is 15.2. The van der Waals surface area contributed by atoms with Crippen molar-refractivity contribution >= 4 is 18.2 Å². The molecule has 0 spiro atoms. The fourth-order valence-corrected chi connectivity index (χ4v) is 6.43. The summed E-state index contributed by atoms with van der Waals surface area (Å²) in [6.07, 6.45) is -1.34. The summed E-state index contributed by atoms with van der Waals surface area (Å²) in [5, 5.41) is 19.9. The number of hydrogen-bond acceptors (Lipinski definition) is 7. The third kappa shape index (κ3) is 10.6. The van der Waals surface area contributed by atoms with E-state index in [2.05, 4.69) is 32.2 Å². The molecule has 0 unspecified atom stereocenters. The topological polar surface area (TPSA) is 102 Å². The molecule has 7 nitrogen and oxygen atoms in total. The van der Waals surface area contributed by atoms with E-state index in [4.69, 9.17) is 13.7 Å². The van der Waals surface area contributed by atoms with Crippen molar-refractivity contribution < 1.29 is 32.3 Å². The van der Waals surface area contributed by atoms with Crippen molar-refractivity contribution in [3.05, 3.63) is 29.8 Å². The van der Waals surface area contributed by atoms with Crippen LogP contribution in [-0.2, 0) is 23.8 Å². The quantitative estimate of drug-likeness (QED) is 0.170. The van der Waals surface area contributed by atoms with Gasteiger partial charge >= 0.3 is 0 Å². The lowest BCUT2D eigenvalue weighted by molar-refractivity contribution is -0.0240. The van der Waals surface area contributed by atoms with E-state index in [1.54, 1.807) is 12.1 Å². The molecular weight excluding hydrogens is 448 g/mol. The van der Waals surface area contributed by atoms with E-state index in [-0.39, 0.29) is 31.3 Å². The van der Waals surface area contributed by atoms with Gasteiger partial charge in [-0.05, 0) is 37.2 Å². The molecule has 0 fully saturated rings. The molecule has 9 heteroatoms. The van der Waals surface area contributed by atoms with Crippen LogP contribution in [0.5, 0.6) is 0 Å². The van der Waals surface area contributed by atoms with Gasteiger partial charge in [-0.2, -0.15) is 8.42 Å². The number of ether oxygens (including phenoxy) is 2. The van der Waals surface area contributed by atoms with Crippen molar-refractivity contribution in [2.75, 3.05) is 33.0 Å². The molecule has 0 saturated carbocycles. The predicted molar refractivity (Wildman–Crippen MR) is 128 cm³/mol. The van der Waals surface area contributed by atoms with Crippen molar-refractivity contribution in [3.8, 4) is 11.5 Å². The lowest BCUT2D eigenvalue weighted by atomic mass is 10.2. The van der Waals surface area contributed by atoms with Gasteiger partial charge in [-0.15, -0.1) is 11.5 Å². The molecule has 1 aromatic carbocycles. The number of rotatable bonds is 15. The van der Waals surface area contributed by atoms with Crippen LogP contribution in [0, 0.1) is 18.4 Å². The second-order valence-electron chi connectivity index (χ2n) is 7.86. The first-order valence-electron chi connectivity index (χ1n) is 11.2. The molecule has 182 valence electrons. The van der Waals surface area contributed by atoms with Crippen LogP contribution in [0.2, 0.25) is 18.1 Å². The molecule has 0 bridgehead atoms. The fourth-order valence-electron chi connectivity index (χ4n) is 2.98. The van der Waals surface area contributed by atoms with Crippen LogP contribution in [0.25, 0.3) is 0 Å². The molecule has 32 heavy (non-hydrogen) atoms. The van der Waals surface area contributed by atoms with Crippen molar-refractivity contribution in [1.82, 2.24) is 0 Å². The summed E-state index contributed by atoms with van der Waals surface area (Å²) in [5.74, 6) is 3.14. The van der Waals surface area contributed by atoms with E-state index in [1.807, 2.05) is 6.92 Å². The Morgan fingerprint density at radius 2 is 1.44 bits per heavy atom. The summed E-state index contributed by atoms with van der Waals surface area (Å²) in [5.41, 5.74) is 4.38. The molecule has 0 heterocycles. The van der Waals surface area contributed by atoms with Gasteiger partial charge in [0.1, 0.15) is 14.2 Å². The molecule has 0 aliphatic carbocycles. The molecule has 0 radical (unpaired) electrons. The van der Waals surface area contributed by atoms with Gasteiger partial charge in [0.05, 0.1) is 44.0 Å². The standard InChI is InChI=1S/C23H38O7SSi/c1-5-32(6-2,7-3)16-8-9-21(24)17-28-14-15-29-18-22(25)19-30-31(26,27)23-12-10-20(4)11-13-23/h10-13,21-22,24-25H,5-7,9,14-15,17-19H2,1-4H3/t21-,22-/m0/s1. The van der Waals surface area contributed by atoms with Crippen molar-refractivity contribution in [2.45, 2.75) is 69.4 Å². The van der Waals surface area contributed by atoms with Gasteiger partial charge in [-0.3, -0.25) is 4.18 Å². The van der Waals surface area contributed by atoms with Crippen molar-refractivity contribution in [3.63, 3.8) is 0 Å². The zero-order chi connectivity index (χ0) is 24.0. The summed E-state index contributed by atoms with van der Waals surface area (Å²) in [7, 11) is -5.41. The average Bonchev–Trinajstić information content (AvgIpc) is 2.78. The minimum Gasteiger partial charge on any atom is -0.390 e. The highest BCUT2D eigenvalue weighted by Gasteiger charge is 2.24. The van der Waals surface area contributed by atoms with Gasteiger partial charge in [0, 0.05) is 6.42 Å². The first kappa shape index (κ1) is 28.8. The molecule has 0 aliphatic rings. The number of aliphatic hydroxyl groups excluding tert-OH is 2. The van der Waals surface area contributed by atoms with E-state index in [0.29, 0.717) is 6.42 Å². The van der Waals surface area contributed by atoms with Crippen LogP contribution in [-0.4, -0.2) is 71.9 Å². The van der Waals surface area contributed by atoms with Crippen LogP contribution >= 0.6 is 0 Å². The maximum Gasteiger partial charge on any atom is 0.297 e. The summed E-state index contributed by atoms with van der Waals surface area (Å²) in [4.78, 5) is 0.0416. The summed E-state index contributed by atoms with van der Waals surface area (Å²) < 4.78 is 39.7. The predicted octanol–water partition coefficient (Wildman–Crippen LogP) is 2.90. The van der Waals surface area contributed by atoms with Crippen LogP contribution in [0.4, 0.5) is 0 Å². The molecular formula is C23H38O7SSi. The minimum absolute atomic E-state index is 0.0416. The third-order valence-corrected chi connectivity index (χ3v) is 11.5. The van der Waals surface area contributed by atoms with Gasteiger partial charge < -0.3 is 19.7 Å². The Labute approximate surface area is 194 Å². The molecule has 2 N–H and O–H groups in total. The van der Waals surface area contributed by atoms with E-state index in [1.165, 1.54) is 12.1 Å². The van der Waals surface area contributed by atoms with E-state index < -0.39 is 37.0 Å². The van der Waals surface area contributed by atoms with Gasteiger partial charge in [0.15, 0.2) is 0 Å².